The predicted molar refractivity (Wildman–Crippen MR) is 72.0 cm³/mol. The Morgan fingerprint density at radius 2 is 2.21 bits per heavy atom. The molecule has 0 fully saturated rings. The zero-order chi connectivity index (χ0) is 13.5. The highest BCUT2D eigenvalue weighted by atomic mass is 32.2. The maximum atomic E-state index is 13.8. The van der Waals surface area contributed by atoms with Gasteiger partial charge in [-0.2, -0.15) is 0 Å². The van der Waals surface area contributed by atoms with Gasteiger partial charge in [-0.15, -0.1) is 0 Å². The van der Waals surface area contributed by atoms with Crippen LogP contribution in [0.5, 0.6) is 0 Å². The Morgan fingerprint density at radius 1 is 1.32 bits per heavy atom. The first kappa shape index (κ1) is 13.5. The van der Waals surface area contributed by atoms with Crippen molar-refractivity contribution in [3.63, 3.8) is 0 Å². The summed E-state index contributed by atoms with van der Waals surface area (Å²) in [6.07, 6.45) is 4.84. The normalized spacial score (nSPS) is 9.79. The second-order valence-corrected chi connectivity index (χ2v) is 4.59. The Balaban J connectivity index is 2.05. The van der Waals surface area contributed by atoms with Crippen molar-refractivity contribution in [2.45, 2.75) is 10.8 Å². The minimum absolute atomic E-state index is 0.230. The van der Waals surface area contributed by atoms with Gasteiger partial charge in [0.15, 0.2) is 0 Å². The SMILES string of the molecule is OCC#Cc1ccc(CSc2cnccn2)c(F)c1. The summed E-state index contributed by atoms with van der Waals surface area (Å²) >= 11 is 1.42. The fraction of sp³-hybridized carbons (Fsp3) is 0.143. The molecule has 1 heterocycles. The van der Waals surface area contributed by atoms with Crippen LogP contribution in [0.1, 0.15) is 11.1 Å². The number of hydrogen-bond acceptors (Lipinski definition) is 4. The lowest BCUT2D eigenvalue weighted by Crippen LogP contribution is -1.90. The van der Waals surface area contributed by atoms with Gasteiger partial charge in [-0.1, -0.05) is 29.7 Å². The largest absolute Gasteiger partial charge is 0.384 e. The molecule has 1 aromatic heterocycles. The molecule has 96 valence electrons. The Bertz CT molecular complexity index is 608. The van der Waals surface area contributed by atoms with Crippen LogP contribution in [0, 0.1) is 17.7 Å². The molecular weight excluding hydrogens is 263 g/mol. The van der Waals surface area contributed by atoms with Crippen LogP contribution in [0.15, 0.2) is 41.8 Å². The van der Waals surface area contributed by atoms with Gasteiger partial charge in [0.05, 0.1) is 6.20 Å². The highest BCUT2D eigenvalue weighted by molar-refractivity contribution is 7.98. The molecule has 0 unspecified atom stereocenters. The van der Waals surface area contributed by atoms with Crippen LogP contribution in [-0.4, -0.2) is 21.7 Å². The van der Waals surface area contributed by atoms with Crippen LogP contribution < -0.4 is 0 Å². The van der Waals surface area contributed by atoms with Gasteiger partial charge < -0.3 is 5.11 Å². The molecule has 0 saturated heterocycles. The number of hydrogen-bond donors (Lipinski definition) is 1. The number of benzene rings is 1. The molecular formula is C14H11FN2OS. The Hall–Kier alpha value is -1.90. The first-order valence-electron chi connectivity index (χ1n) is 5.56. The average Bonchev–Trinajstić information content (AvgIpc) is 2.45. The van der Waals surface area contributed by atoms with E-state index in [1.54, 1.807) is 30.7 Å². The Kier molecular flexibility index (Phi) is 4.90. The third-order valence-electron chi connectivity index (χ3n) is 2.28. The van der Waals surface area contributed by atoms with Crippen LogP contribution in [0.4, 0.5) is 4.39 Å². The predicted octanol–water partition coefficient (Wildman–Crippen LogP) is 2.25. The van der Waals surface area contributed by atoms with E-state index in [1.807, 2.05) is 0 Å². The van der Waals surface area contributed by atoms with Crippen molar-refractivity contribution < 1.29 is 9.50 Å². The average molecular weight is 274 g/mol. The van der Waals surface area contributed by atoms with Crippen molar-refractivity contribution in [1.29, 1.82) is 0 Å². The molecule has 0 bridgehead atoms. The molecule has 0 aliphatic carbocycles. The minimum Gasteiger partial charge on any atom is -0.384 e. The molecule has 0 aliphatic rings. The lowest BCUT2D eigenvalue weighted by molar-refractivity contribution is 0.350. The molecule has 0 atom stereocenters. The Labute approximate surface area is 114 Å². The molecule has 0 amide bonds. The summed E-state index contributed by atoms with van der Waals surface area (Å²) in [5.41, 5.74) is 1.14. The van der Waals surface area contributed by atoms with Gasteiger partial charge in [0.2, 0.25) is 0 Å². The summed E-state index contributed by atoms with van der Waals surface area (Å²) in [7, 11) is 0. The van der Waals surface area contributed by atoms with Crippen molar-refractivity contribution in [2.24, 2.45) is 0 Å². The quantitative estimate of drug-likeness (QED) is 0.689. The van der Waals surface area contributed by atoms with E-state index >= 15 is 0 Å². The number of halogens is 1. The third-order valence-corrected chi connectivity index (χ3v) is 3.24. The van der Waals surface area contributed by atoms with Crippen molar-refractivity contribution in [3.05, 3.63) is 53.7 Å². The molecule has 1 N–H and O–H groups in total. The summed E-state index contributed by atoms with van der Waals surface area (Å²) in [6, 6.07) is 4.80. The number of rotatable bonds is 3. The van der Waals surface area contributed by atoms with E-state index in [1.165, 1.54) is 17.8 Å². The molecule has 2 rings (SSSR count). The Morgan fingerprint density at radius 3 is 2.89 bits per heavy atom. The standard InChI is InChI=1S/C14H11FN2OS/c15-13-8-11(2-1-7-18)3-4-12(13)10-19-14-9-16-5-6-17-14/h3-6,8-9,18H,7,10H2. The lowest BCUT2D eigenvalue weighted by Gasteiger charge is -2.03. The number of aliphatic hydroxyl groups excluding tert-OH is 1. The van der Waals surface area contributed by atoms with Crippen LogP contribution in [0.3, 0.4) is 0 Å². The first-order valence-corrected chi connectivity index (χ1v) is 6.55. The van der Waals surface area contributed by atoms with E-state index in [-0.39, 0.29) is 12.4 Å². The van der Waals surface area contributed by atoms with Crippen LogP contribution in [-0.2, 0) is 5.75 Å². The minimum atomic E-state index is -0.305. The van der Waals surface area contributed by atoms with Gasteiger partial charge in [-0.3, -0.25) is 4.98 Å². The van der Waals surface area contributed by atoms with E-state index < -0.39 is 0 Å². The van der Waals surface area contributed by atoms with E-state index in [9.17, 15) is 4.39 Å². The topological polar surface area (TPSA) is 46.0 Å². The molecule has 0 saturated carbocycles. The van der Waals surface area contributed by atoms with Gasteiger partial charge in [0.25, 0.3) is 0 Å². The lowest BCUT2D eigenvalue weighted by atomic mass is 10.1. The van der Waals surface area contributed by atoms with Crippen LogP contribution in [0.2, 0.25) is 0 Å². The summed E-state index contributed by atoms with van der Waals surface area (Å²) in [5.74, 6) is 5.33. The summed E-state index contributed by atoms with van der Waals surface area (Å²) in [6.45, 7) is -0.230. The summed E-state index contributed by atoms with van der Waals surface area (Å²) in [4.78, 5) is 8.06. The van der Waals surface area contributed by atoms with Crippen molar-refractivity contribution in [1.82, 2.24) is 9.97 Å². The van der Waals surface area contributed by atoms with Gasteiger partial charge in [-0.25, -0.2) is 9.37 Å². The summed E-state index contributed by atoms with van der Waals surface area (Å²) in [5, 5.41) is 9.33. The maximum Gasteiger partial charge on any atom is 0.128 e. The van der Waals surface area contributed by atoms with Crippen molar-refractivity contribution in [2.75, 3.05) is 6.61 Å². The molecule has 1 aromatic carbocycles. The van der Waals surface area contributed by atoms with Gasteiger partial charge in [0.1, 0.15) is 17.5 Å². The smallest absolute Gasteiger partial charge is 0.128 e. The fourth-order valence-corrected chi connectivity index (χ4v) is 2.20. The molecule has 2 aromatic rings. The van der Waals surface area contributed by atoms with Crippen LogP contribution in [0.25, 0.3) is 0 Å². The van der Waals surface area contributed by atoms with Gasteiger partial charge in [-0.05, 0) is 17.7 Å². The second-order valence-electron chi connectivity index (χ2n) is 3.60. The van der Waals surface area contributed by atoms with Gasteiger partial charge >= 0.3 is 0 Å². The van der Waals surface area contributed by atoms with Crippen molar-refractivity contribution >= 4 is 11.8 Å². The van der Waals surface area contributed by atoms with E-state index in [0.29, 0.717) is 16.9 Å². The zero-order valence-electron chi connectivity index (χ0n) is 10.0. The molecule has 19 heavy (non-hydrogen) atoms. The molecule has 0 spiro atoms. The van der Waals surface area contributed by atoms with Gasteiger partial charge in [0, 0.05) is 23.7 Å². The molecule has 0 aliphatic heterocycles. The maximum absolute atomic E-state index is 13.8. The van der Waals surface area contributed by atoms with Crippen molar-refractivity contribution in [3.8, 4) is 11.8 Å². The number of nitrogens with zero attached hydrogens (tertiary/aromatic N) is 2. The van der Waals surface area contributed by atoms with E-state index in [2.05, 4.69) is 21.8 Å². The highest BCUT2D eigenvalue weighted by Gasteiger charge is 2.04. The molecule has 0 radical (unpaired) electrons. The second kappa shape index (κ2) is 6.88. The molecule has 3 nitrogen and oxygen atoms in total. The fourth-order valence-electron chi connectivity index (χ4n) is 1.40. The number of aliphatic hydroxyl groups is 1. The van der Waals surface area contributed by atoms with Crippen LogP contribution >= 0.6 is 11.8 Å². The zero-order valence-corrected chi connectivity index (χ0v) is 10.8. The third kappa shape index (κ3) is 4.05. The van der Waals surface area contributed by atoms with E-state index in [4.69, 9.17) is 5.11 Å². The monoisotopic (exact) mass is 274 g/mol. The summed E-state index contributed by atoms with van der Waals surface area (Å²) < 4.78 is 13.8. The molecule has 5 heteroatoms. The highest BCUT2D eigenvalue weighted by Crippen LogP contribution is 2.21. The number of aromatic nitrogens is 2. The van der Waals surface area contributed by atoms with E-state index in [0.717, 1.165) is 5.03 Å². The number of thioether (sulfide) groups is 1. The first-order chi connectivity index (χ1) is 9.29.